The number of benzene rings is 1. The molecule has 1 N–H and O–H groups in total. The number of aromatic amines is 1. The summed E-state index contributed by atoms with van der Waals surface area (Å²) in [7, 11) is 0. The fraction of sp³-hybridized carbons (Fsp3) is 0.280. The molecule has 10 heteroatoms. The van der Waals surface area contributed by atoms with Crippen molar-refractivity contribution < 1.29 is 0 Å². The number of H-pyrrole nitrogens is 1. The Labute approximate surface area is 202 Å². The number of imidazole rings is 1. The fourth-order valence-electron chi connectivity index (χ4n) is 4.29. The van der Waals surface area contributed by atoms with Gasteiger partial charge >= 0.3 is 5.69 Å². The van der Waals surface area contributed by atoms with Crippen molar-refractivity contribution in [1.29, 1.82) is 0 Å². The maximum absolute atomic E-state index is 13.6. The van der Waals surface area contributed by atoms with Crippen LogP contribution in [0.3, 0.4) is 0 Å². The third-order valence-electron chi connectivity index (χ3n) is 6.14. The molecular weight excluding hydrogens is 442 g/mol. The second-order valence-electron chi connectivity index (χ2n) is 8.33. The van der Waals surface area contributed by atoms with Crippen LogP contribution in [-0.2, 0) is 19.5 Å². The van der Waals surface area contributed by atoms with Crippen LogP contribution >= 0.6 is 0 Å². The number of unbranched alkanes of at least 4 members (excludes halogenated alkanes) is 1. The second-order valence-corrected chi connectivity index (χ2v) is 8.33. The van der Waals surface area contributed by atoms with Crippen LogP contribution in [0, 0.1) is 0 Å². The highest BCUT2D eigenvalue weighted by Crippen LogP contribution is 2.26. The highest BCUT2D eigenvalue weighted by Gasteiger charge is 2.17. The normalized spacial score (nSPS) is 11.3. The molecule has 0 bridgehead atoms. The van der Waals surface area contributed by atoms with E-state index in [0.29, 0.717) is 18.9 Å². The number of aromatic nitrogens is 9. The minimum atomic E-state index is -0.0747. The van der Waals surface area contributed by atoms with Crippen LogP contribution in [0.15, 0.2) is 66.0 Å². The predicted octanol–water partition coefficient (Wildman–Crippen LogP) is 3.49. The molecule has 0 saturated carbocycles. The summed E-state index contributed by atoms with van der Waals surface area (Å²) in [5, 5.41) is 18.4. The first kappa shape index (κ1) is 22.5. The van der Waals surface area contributed by atoms with Crippen LogP contribution in [0.1, 0.15) is 37.9 Å². The molecule has 0 saturated heterocycles. The first-order chi connectivity index (χ1) is 17.2. The van der Waals surface area contributed by atoms with Crippen LogP contribution < -0.4 is 5.69 Å². The molecule has 0 spiro atoms. The molecule has 1 aromatic carbocycles. The highest BCUT2D eigenvalue weighted by atomic mass is 16.1. The van der Waals surface area contributed by atoms with E-state index in [4.69, 9.17) is 0 Å². The van der Waals surface area contributed by atoms with Gasteiger partial charge in [0.05, 0.1) is 12.7 Å². The molecule has 0 aliphatic carbocycles. The first-order valence-corrected chi connectivity index (χ1v) is 11.8. The van der Waals surface area contributed by atoms with E-state index in [-0.39, 0.29) is 5.69 Å². The van der Waals surface area contributed by atoms with E-state index in [1.54, 1.807) is 17.0 Å². The standard InChI is InChI=1S/C25H27N9O/c1-3-5-6-21-17-33(23-12-14-27-34(23)4-2)25(35)32(21)16-20-15-26-13-11-22(20)18-7-9-19(10-8-18)24-28-30-31-29-24/h7-15,17H,3-6,16H2,1-2H3,(H,28,29,30,31). The molecule has 5 rings (SSSR count). The average Bonchev–Trinajstić information content (AvgIpc) is 3.65. The third-order valence-corrected chi connectivity index (χ3v) is 6.14. The Hall–Kier alpha value is -4.34. The molecule has 0 atom stereocenters. The number of hydrogen-bond acceptors (Lipinski definition) is 6. The molecule has 35 heavy (non-hydrogen) atoms. The lowest BCUT2D eigenvalue weighted by atomic mass is 10.00. The zero-order valence-electron chi connectivity index (χ0n) is 19.8. The molecule has 4 aromatic heterocycles. The van der Waals surface area contributed by atoms with Gasteiger partial charge in [-0.1, -0.05) is 37.6 Å². The molecule has 10 nitrogen and oxygen atoms in total. The average molecular weight is 470 g/mol. The third kappa shape index (κ3) is 4.42. The summed E-state index contributed by atoms with van der Waals surface area (Å²) in [6.45, 7) is 5.30. The van der Waals surface area contributed by atoms with Gasteiger partial charge in [-0.25, -0.2) is 14.6 Å². The van der Waals surface area contributed by atoms with Gasteiger partial charge in [0.15, 0.2) is 5.82 Å². The van der Waals surface area contributed by atoms with E-state index in [2.05, 4.69) is 37.6 Å². The number of nitrogens with one attached hydrogen (secondary N) is 1. The van der Waals surface area contributed by atoms with Gasteiger partial charge in [0.1, 0.15) is 5.82 Å². The summed E-state index contributed by atoms with van der Waals surface area (Å²) in [5.41, 5.74) is 4.87. The topological polar surface area (TPSA) is 112 Å². The maximum Gasteiger partial charge on any atom is 0.334 e. The molecule has 178 valence electrons. The number of hydrogen-bond donors (Lipinski definition) is 1. The van der Waals surface area contributed by atoms with E-state index in [9.17, 15) is 4.79 Å². The largest absolute Gasteiger partial charge is 0.334 e. The van der Waals surface area contributed by atoms with E-state index in [1.165, 1.54) is 0 Å². The van der Waals surface area contributed by atoms with Crippen molar-refractivity contribution in [3.8, 4) is 28.3 Å². The Kier molecular flexibility index (Phi) is 6.34. The van der Waals surface area contributed by atoms with E-state index in [0.717, 1.165) is 53.0 Å². The van der Waals surface area contributed by atoms with Gasteiger partial charge in [0.2, 0.25) is 0 Å². The van der Waals surface area contributed by atoms with E-state index >= 15 is 0 Å². The minimum Gasteiger partial charge on any atom is -0.291 e. The van der Waals surface area contributed by atoms with Crippen molar-refractivity contribution >= 4 is 0 Å². The summed E-state index contributed by atoms with van der Waals surface area (Å²) >= 11 is 0. The first-order valence-electron chi connectivity index (χ1n) is 11.8. The van der Waals surface area contributed by atoms with Crippen molar-refractivity contribution in [3.63, 3.8) is 0 Å². The fourth-order valence-corrected chi connectivity index (χ4v) is 4.29. The lowest BCUT2D eigenvalue weighted by molar-refractivity contribution is 0.625. The summed E-state index contributed by atoms with van der Waals surface area (Å²) in [6.07, 6.45) is 10.2. The van der Waals surface area contributed by atoms with Gasteiger partial charge in [-0.3, -0.25) is 14.1 Å². The molecule has 0 unspecified atom stereocenters. The number of pyridine rings is 1. The van der Waals surface area contributed by atoms with E-state index in [1.807, 2.05) is 65.0 Å². The summed E-state index contributed by atoms with van der Waals surface area (Å²) in [6, 6.07) is 11.9. The van der Waals surface area contributed by atoms with Crippen molar-refractivity contribution in [3.05, 3.63) is 82.9 Å². The van der Waals surface area contributed by atoms with Gasteiger partial charge in [-0.15, -0.1) is 5.10 Å². The zero-order valence-corrected chi connectivity index (χ0v) is 19.8. The quantitative estimate of drug-likeness (QED) is 0.354. The Morgan fingerprint density at radius 1 is 1.00 bits per heavy atom. The monoisotopic (exact) mass is 469 g/mol. The molecular formula is C25H27N9O. The summed E-state index contributed by atoms with van der Waals surface area (Å²) in [5.74, 6) is 1.39. The second kappa shape index (κ2) is 9.88. The minimum absolute atomic E-state index is 0.0747. The summed E-state index contributed by atoms with van der Waals surface area (Å²) in [4.78, 5) is 18.0. The van der Waals surface area contributed by atoms with Crippen LogP contribution in [0.5, 0.6) is 0 Å². The smallest absolute Gasteiger partial charge is 0.291 e. The van der Waals surface area contributed by atoms with E-state index < -0.39 is 0 Å². The van der Waals surface area contributed by atoms with Gasteiger partial charge in [-0.05, 0) is 52.9 Å². The highest BCUT2D eigenvalue weighted by molar-refractivity contribution is 5.69. The zero-order chi connectivity index (χ0) is 24.2. The van der Waals surface area contributed by atoms with Crippen LogP contribution in [0.4, 0.5) is 0 Å². The van der Waals surface area contributed by atoms with Crippen molar-refractivity contribution in [1.82, 2.24) is 44.5 Å². The number of nitrogens with zero attached hydrogens (tertiary/aromatic N) is 8. The molecule has 5 aromatic rings. The predicted molar refractivity (Wildman–Crippen MR) is 132 cm³/mol. The molecule has 0 aliphatic heterocycles. The Morgan fingerprint density at radius 3 is 2.57 bits per heavy atom. The van der Waals surface area contributed by atoms with Crippen molar-refractivity contribution in [2.24, 2.45) is 0 Å². The van der Waals surface area contributed by atoms with Gasteiger partial charge in [0, 0.05) is 42.5 Å². The van der Waals surface area contributed by atoms with Crippen LogP contribution in [0.2, 0.25) is 0 Å². The Morgan fingerprint density at radius 2 is 1.83 bits per heavy atom. The lowest BCUT2D eigenvalue weighted by Crippen LogP contribution is -2.26. The number of rotatable bonds is 9. The summed E-state index contributed by atoms with van der Waals surface area (Å²) < 4.78 is 5.39. The van der Waals surface area contributed by atoms with Gasteiger partial charge in [0.25, 0.3) is 0 Å². The molecule has 4 heterocycles. The maximum atomic E-state index is 13.6. The number of aryl methyl sites for hydroxylation is 2. The molecule has 0 amide bonds. The SMILES string of the molecule is CCCCc1cn(-c2ccnn2CC)c(=O)n1Cc1cnccc1-c1ccc(-c2nnn[nH]2)cc1. The lowest BCUT2D eigenvalue weighted by Gasteiger charge is -2.12. The van der Waals surface area contributed by atoms with Gasteiger partial charge < -0.3 is 0 Å². The van der Waals surface area contributed by atoms with Gasteiger partial charge in [-0.2, -0.15) is 5.10 Å². The van der Waals surface area contributed by atoms with Crippen molar-refractivity contribution in [2.45, 2.75) is 46.2 Å². The van der Waals surface area contributed by atoms with Crippen LogP contribution in [0.25, 0.3) is 28.3 Å². The molecule has 0 radical (unpaired) electrons. The van der Waals surface area contributed by atoms with Crippen molar-refractivity contribution in [2.75, 3.05) is 0 Å². The Balaban J connectivity index is 1.53. The molecule has 0 aliphatic rings. The molecule has 0 fully saturated rings. The van der Waals surface area contributed by atoms with Crippen LogP contribution in [-0.4, -0.2) is 44.5 Å². The number of tetrazole rings is 1. The Bertz CT molecular complexity index is 1460.